The molecule has 0 radical (unpaired) electrons. The average Bonchev–Trinajstić information content (AvgIpc) is 3.52. The van der Waals surface area contributed by atoms with Gasteiger partial charge in [0.2, 0.25) is 0 Å². The zero-order valence-corrected chi connectivity index (χ0v) is 17.6. The Hall–Kier alpha value is -3.59. The van der Waals surface area contributed by atoms with Crippen LogP contribution in [0.15, 0.2) is 54.6 Å². The molecule has 2 aliphatic heterocycles. The molecular formula is C21H19N7O3S. The number of tetrazole rings is 1. The molecule has 0 amide bonds. The van der Waals surface area contributed by atoms with Crippen molar-refractivity contribution in [2.24, 2.45) is 0 Å². The van der Waals surface area contributed by atoms with Crippen molar-refractivity contribution in [3.05, 3.63) is 60.2 Å². The minimum atomic E-state index is -0.251. The van der Waals surface area contributed by atoms with Gasteiger partial charge < -0.3 is 24.8 Å². The predicted octanol–water partition coefficient (Wildman–Crippen LogP) is 2.03. The van der Waals surface area contributed by atoms with E-state index in [2.05, 4.69) is 32.2 Å². The molecule has 2 N–H and O–H groups in total. The fraction of sp³-hybridized carbons (Fsp3) is 0.286. The van der Waals surface area contributed by atoms with Crippen molar-refractivity contribution in [2.75, 3.05) is 18.5 Å². The van der Waals surface area contributed by atoms with Gasteiger partial charge in [-0.2, -0.15) is 9.94 Å². The molecule has 3 aromatic rings. The molecule has 2 saturated heterocycles. The molecule has 2 aromatic carbocycles. The first-order chi connectivity index (χ1) is 15.7. The van der Waals surface area contributed by atoms with Crippen LogP contribution in [0.25, 0.3) is 0 Å². The standard InChI is InChI=1S/C21H19N7O3S/c22-10-13-5-4-6-14(9-13)23-20(32)24-16-11-29-19-17(12-30-18(16)19)28-21(25-26-27-28)31-15-7-2-1-3-8-15/h1-9,16-19H,11-12H2,(H2,23,24,32). The number of ether oxygens (including phenoxy) is 3. The van der Waals surface area contributed by atoms with Gasteiger partial charge in [0.05, 0.1) is 30.9 Å². The number of anilines is 1. The van der Waals surface area contributed by atoms with E-state index in [1.54, 1.807) is 22.9 Å². The van der Waals surface area contributed by atoms with Crippen molar-refractivity contribution >= 4 is 23.0 Å². The Bertz CT molecular complexity index is 1150. The molecule has 0 bridgehead atoms. The van der Waals surface area contributed by atoms with E-state index in [1.807, 2.05) is 36.4 Å². The molecule has 2 fully saturated rings. The third kappa shape index (κ3) is 4.11. The fourth-order valence-electron chi connectivity index (χ4n) is 3.87. The third-order valence-electron chi connectivity index (χ3n) is 5.32. The van der Waals surface area contributed by atoms with Crippen molar-refractivity contribution in [1.82, 2.24) is 25.5 Å². The summed E-state index contributed by atoms with van der Waals surface area (Å²) < 4.78 is 19.5. The van der Waals surface area contributed by atoms with Crippen LogP contribution in [-0.4, -0.2) is 56.8 Å². The molecule has 10 nitrogen and oxygen atoms in total. The number of rotatable bonds is 5. The second kappa shape index (κ2) is 8.88. The molecule has 2 aliphatic rings. The number of nitriles is 1. The molecule has 3 heterocycles. The van der Waals surface area contributed by atoms with Crippen molar-refractivity contribution in [3.8, 4) is 17.8 Å². The van der Waals surface area contributed by atoms with Crippen LogP contribution >= 0.6 is 12.2 Å². The van der Waals surface area contributed by atoms with Crippen LogP contribution in [0.5, 0.6) is 11.8 Å². The van der Waals surface area contributed by atoms with E-state index in [4.69, 9.17) is 31.7 Å². The number of hydrogen-bond acceptors (Lipinski definition) is 8. The molecule has 0 saturated carbocycles. The number of aromatic nitrogens is 4. The Morgan fingerprint density at radius 2 is 1.97 bits per heavy atom. The van der Waals surface area contributed by atoms with E-state index in [0.29, 0.717) is 29.6 Å². The molecule has 4 atom stereocenters. The van der Waals surface area contributed by atoms with E-state index in [0.717, 1.165) is 5.69 Å². The maximum atomic E-state index is 9.05. The van der Waals surface area contributed by atoms with Crippen molar-refractivity contribution in [2.45, 2.75) is 24.3 Å². The lowest BCUT2D eigenvalue weighted by molar-refractivity contribution is 0.0615. The van der Waals surface area contributed by atoms with Gasteiger partial charge >= 0.3 is 6.01 Å². The number of nitrogens with zero attached hydrogens (tertiary/aromatic N) is 5. The number of fused-ring (bicyclic) bond motifs is 1. The Kier molecular flexibility index (Phi) is 5.64. The first kappa shape index (κ1) is 20.3. The fourth-order valence-corrected chi connectivity index (χ4v) is 4.14. The van der Waals surface area contributed by atoms with Gasteiger partial charge in [-0.25, -0.2) is 0 Å². The van der Waals surface area contributed by atoms with Crippen LogP contribution in [0, 0.1) is 11.3 Å². The molecule has 0 aliphatic carbocycles. The summed E-state index contributed by atoms with van der Waals surface area (Å²) in [6.07, 6.45) is -0.474. The van der Waals surface area contributed by atoms with Gasteiger partial charge in [-0.3, -0.25) is 0 Å². The van der Waals surface area contributed by atoms with Gasteiger partial charge in [0.15, 0.2) is 5.11 Å². The smallest absolute Gasteiger partial charge is 0.341 e. The summed E-state index contributed by atoms with van der Waals surface area (Å²) in [4.78, 5) is 0. The van der Waals surface area contributed by atoms with Crippen LogP contribution in [0.2, 0.25) is 0 Å². The minimum Gasteiger partial charge on any atom is -0.423 e. The first-order valence-electron chi connectivity index (χ1n) is 10.0. The van der Waals surface area contributed by atoms with Crippen molar-refractivity contribution < 1.29 is 14.2 Å². The maximum Gasteiger partial charge on any atom is 0.341 e. The lowest BCUT2D eigenvalue weighted by atomic mass is 10.1. The molecule has 11 heteroatoms. The van der Waals surface area contributed by atoms with Crippen LogP contribution in [0.4, 0.5) is 5.69 Å². The summed E-state index contributed by atoms with van der Waals surface area (Å²) >= 11 is 5.44. The second-order valence-corrected chi connectivity index (χ2v) is 7.79. The summed E-state index contributed by atoms with van der Waals surface area (Å²) in [6.45, 7) is 0.803. The predicted molar refractivity (Wildman–Crippen MR) is 117 cm³/mol. The van der Waals surface area contributed by atoms with Gasteiger partial charge in [0.25, 0.3) is 0 Å². The molecular weight excluding hydrogens is 430 g/mol. The molecule has 0 spiro atoms. The molecule has 32 heavy (non-hydrogen) atoms. The normalized spacial score (nSPS) is 23.8. The van der Waals surface area contributed by atoms with Gasteiger partial charge in [-0.05, 0) is 53.0 Å². The van der Waals surface area contributed by atoms with Crippen LogP contribution in [0.3, 0.4) is 0 Å². The van der Waals surface area contributed by atoms with Gasteiger partial charge in [0.1, 0.15) is 24.0 Å². The Morgan fingerprint density at radius 3 is 2.81 bits per heavy atom. The number of para-hydroxylation sites is 1. The lowest BCUT2D eigenvalue weighted by Gasteiger charge is -2.20. The number of benzene rings is 2. The Labute approximate surface area is 189 Å². The number of hydrogen-bond donors (Lipinski definition) is 2. The zero-order chi connectivity index (χ0) is 21.9. The van der Waals surface area contributed by atoms with Gasteiger partial charge in [-0.15, -0.1) is 0 Å². The van der Waals surface area contributed by atoms with E-state index in [-0.39, 0.29) is 30.3 Å². The molecule has 4 unspecified atom stereocenters. The third-order valence-corrected chi connectivity index (χ3v) is 5.54. The summed E-state index contributed by atoms with van der Waals surface area (Å²) in [5.41, 5.74) is 1.29. The number of thiocarbonyl (C=S) groups is 1. The Balaban J connectivity index is 1.23. The summed E-state index contributed by atoms with van der Waals surface area (Å²) in [5, 5.41) is 27.7. The van der Waals surface area contributed by atoms with Gasteiger partial charge in [-0.1, -0.05) is 29.4 Å². The molecule has 162 valence electrons. The van der Waals surface area contributed by atoms with Crippen molar-refractivity contribution in [3.63, 3.8) is 0 Å². The highest BCUT2D eigenvalue weighted by Gasteiger charge is 2.50. The maximum absolute atomic E-state index is 9.05. The summed E-state index contributed by atoms with van der Waals surface area (Å²) in [5.74, 6) is 0.641. The molecule has 1 aromatic heterocycles. The molecule has 5 rings (SSSR count). The van der Waals surface area contributed by atoms with Crippen LogP contribution in [-0.2, 0) is 9.47 Å². The summed E-state index contributed by atoms with van der Waals surface area (Å²) in [6, 6.07) is 18.5. The van der Waals surface area contributed by atoms with Gasteiger partial charge in [0, 0.05) is 5.69 Å². The average molecular weight is 449 g/mol. The van der Waals surface area contributed by atoms with Crippen molar-refractivity contribution in [1.29, 1.82) is 5.26 Å². The highest BCUT2D eigenvalue weighted by Crippen LogP contribution is 2.36. The minimum absolute atomic E-state index is 0.140. The highest BCUT2D eigenvalue weighted by molar-refractivity contribution is 7.80. The van der Waals surface area contributed by atoms with E-state index in [1.165, 1.54) is 0 Å². The zero-order valence-electron chi connectivity index (χ0n) is 16.8. The van der Waals surface area contributed by atoms with Crippen LogP contribution < -0.4 is 15.4 Å². The number of nitrogens with one attached hydrogen (secondary N) is 2. The lowest BCUT2D eigenvalue weighted by Crippen LogP contribution is -2.45. The SMILES string of the molecule is N#Cc1cccc(NC(=S)NC2COC3C2OCC3n2nnnc2Oc2ccccc2)c1. The van der Waals surface area contributed by atoms with Crippen LogP contribution in [0.1, 0.15) is 11.6 Å². The summed E-state index contributed by atoms with van der Waals surface area (Å²) in [7, 11) is 0. The van der Waals surface area contributed by atoms with E-state index < -0.39 is 0 Å². The quantitative estimate of drug-likeness (QED) is 0.560. The second-order valence-electron chi connectivity index (χ2n) is 7.38. The topological polar surface area (TPSA) is 119 Å². The first-order valence-corrected chi connectivity index (χ1v) is 10.4. The highest BCUT2D eigenvalue weighted by atomic mass is 32.1. The monoisotopic (exact) mass is 449 g/mol. The van der Waals surface area contributed by atoms with E-state index in [9.17, 15) is 0 Å². The van der Waals surface area contributed by atoms with E-state index >= 15 is 0 Å². The largest absolute Gasteiger partial charge is 0.423 e. The Morgan fingerprint density at radius 1 is 1.12 bits per heavy atom.